The molecule has 0 aliphatic carbocycles. The monoisotopic (exact) mass is 211 g/mol. The van der Waals surface area contributed by atoms with Crippen LogP contribution in [-0.2, 0) is 4.74 Å². The van der Waals surface area contributed by atoms with Gasteiger partial charge in [0.25, 0.3) is 0 Å². The van der Waals surface area contributed by atoms with Crippen molar-refractivity contribution in [1.82, 2.24) is 0 Å². The molecule has 4 nitrogen and oxygen atoms in total. The van der Waals surface area contributed by atoms with Crippen LogP contribution in [0.2, 0.25) is 0 Å². The lowest BCUT2D eigenvalue weighted by atomic mass is 10.2. The van der Waals surface area contributed by atoms with Crippen molar-refractivity contribution in [2.75, 3.05) is 39.8 Å². The predicted octanol–water partition coefficient (Wildman–Crippen LogP) is 1.76. The minimum Gasteiger partial charge on any atom is -0.497 e. The summed E-state index contributed by atoms with van der Waals surface area (Å²) in [6, 6.07) is 5.66. The lowest BCUT2D eigenvalue weighted by molar-refractivity contribution is 0.211. The molecule has 4 heteroatoms. The van der Waals surface area contributed by atoms with Crippen LogP contribution in [0.3, 0.4) is 0 Å². The Kier molecular flexibility index (Phi) is 4.77. The van der Waals surface area contributed by atoms with Crippen LogP contribution < -0.4 is 14.8 Å². The summed E-state index contributed by atoms with van der Waals surface area (Å²) in [5.74, 6) is 1.54. The van der Waals surface area contributed by atoms with Gasteiger partial charge in [0.2, 0.25) is 0 Å². The maximum atomic E-state index is 5.15. The van der Waals surface area contributed by atoms with E-state index in [2.05, 4.69) is 5.32 Å². The largest absolute Gasteiger partial charge is 0.497 e. The Morgan fingerprint density at radius 2 is 1.60 bits per heavy atom. The fourth-order valence-electron chi connectivity index (χ4n) is 1.21. The quantitative estimate of drug-likeness (QED) is 0.728. The molecule has 0 bridgehead atoms. The molecule has 15 heavy (non-hydrogen) atoms. The first-order valence-corrected chi connectivity index (χ1v) is 4.76. The van der Waals surface area contributed by atoms with E-state index in [4.69, 9.17) is 14.2 Å². The molecule has 0 aliphatic heterocycles. The zero-order valence-electron chi connectivity index (χ0n) is 9.37. The Labute approximate surface area is 90.1 Å². The van der Waals surface area contributed by atoms with E-state index < -0.39 is 0 Å². The second kappa shape index (κ2) is 6.14. The third-order valence-corrected chi connectivity index (χ3v) is 1.99. The number of rotatable bonds is 6. The van der Waals surface area contributed by atoms with Gasteiger partial charge in [0.05, 0.1) is 20.8 Å². The molecular formula is C11H17NO3. The van der Waals surface area contributed by atoms with Crippen molar-refractivity contribution >= 4 is 5.69 Å². The summed E-state index contributed by atoms with van der Waals surface area (Å²) in [5, 5.41) is 3.21. The Hall–Kier alpha value is -1.42. The Morgan fingerprint density at radius 3 is 2.07 bits per heavy atom. The van der Waals surface area contributed by atoms with E-state index >= 15 is 0 Å². The Morgan fingerprint density at radius 1 is 1.00 bits per heavy atom. The molecule has 0 aliphatic rings. The molecule has 0 atom stereocenters. The molecule has 1 aromatic carbocycles. The van der Waals surface area contributed by atoms with Crippen LogP contribution in [0.5, 0.6) is 11.5 Å². The van der Waals surface area contributed by atoms with E-state index in [9.17, 15) is 0 Å². The topological polar surface area (TPSA) is 39.7 Å². The second-order valence-electron chi connectivity index (χ2n) is 3.02. The number of benzene rings is 1. The first-order chi connectivity index (χ1) is 7.30. The van der Waals surface area contributed by atoms with Gasteiger partial charge in [-0.05, 0) is 0 Å². The minimum atomic E-state index is 0.666. The van der Waals surface area contributed by atoms with Crippen molar-refractivity contribution in [3.63, 3.8) is 0 Å². The van der Waals surface area contributed by atoms with Gasteiger partial charge in [0, 0.05) is 37.5 Å². The number of hydrogen-bond donors (Lipinski definition) is 1. The second-order valence-corrected chi connectivity index (χ2v) is 3.02. The van der Waals surface area contributed by atoms with Crippen LogP contribution in [0.4, 0.5) is 5.69 Å². The number of nitrogens with one attached hydrogen (secondary N) is 1. The minimum absolute atomic E-state index is 0.666. The first-order valence-electron chi connectivity index (χ1n) is 4.76. The summed E-state index contributed by atoms with van der Waals surface area (Å²) in [7, 11) is 4.94. The van der Waals surface area contributed by atoms with Gasteiger partial charge in [0.1, 0.15) is 11.5 Å². The molecule has 0 aromatic heterocycles. The number of anilines is 1. The number of ether oxygens (including phenoxy) is 3. The fourth-order valence-corrected chi connectivity index (χ4v) is 1.21. The highest BCUT2D eigenvalue weighted by Crippen LogP contribution is 2.25. The maximum absolute atomic E-state index is 5.15. The SMILES string of the molecule is COCCNc1cc(OC)cc(OC)c1. The van der Waals surface area contributed by atoms with Gasteiger partial charge in [-0.1, -0.05) is 0 Å². The molecule has 0 amide bonds. The van der Waals surface area contributed by atoms with Crippen LogP contribution in [0, 0.1) is 0 Å². The smallest absolute Gasteiger partial charge is 0.124 e. The maximum Gasteiger partial charge on any atom is 0.124 e. The van der Waals surface area contributed by atoms with Gasteiger partial charge >= 0.3 is 0 Å². The molecule has 0 radical (unpaired) electrons. The van der Waals surface area contributed by atoms with Crippen molar-refractivity contribution in [2.45, 2.75) is 0 Å². The van der Waals surface area contributed by atoms with Gasteiger partial charge in [-0.25, -0.2) is 0 Å². The van der Waals surface area contributed by atoms with Gasteiger partial charge in [-0.15, -0.1) is 0 Å². The van der Waals surface area contributed by atoms with Gasteiger partial charge in [0.15, 0.2) is 0 Å². The summed E-state index contributed by atoms with van der Waals surface area (Å²) in [5.41, 5.74) is 0.961. The lowest BCUT2D eigenvalue weighted by Gasteiger charge is -2.10. The molecule has 1 aromatic rings. The van der Waals surface area contributed by atoms with E-state index in [0.717, 1.165) is 23.7 Å². The Bertz CT molecular complexity index is 280. The highest BCUT2D eigenvalue weighted by Gasteiger charge is 2.00. The van der Waals surface area contributed by atoms with Crippen molar-refractivity contribution in [1.29, 1.82) is 0 Å². The molecule has 0 fully saturated rings. The summed E-state index contributed by atoms with van der Waals surface area (Å²) < 4.78 is 15.3. The van der Waals surface area contributed by atoms with Crippen LogP contribution in [0.1, 0.15) is 0 Å². The third kappa shape index (κ3) is 3.67. The summed E-state index contributed by atoms with van der Waals surface area (Å²) >= 11 is 0. The average molecular weight is 211 g/mol. The molecular weight excluding hydrogens is 194 g/mol. The van der Waals surface area contributed by atoms with E-state index in [1.54, 1.807) is 21.3 Å². The van der Waals surface area contributed by atoms with Crippen molar-refractivity contribution in [3.05, 3.63) is 18.2 Å². The fraction of sp³-hybridized carbons (Fsp3) is 0.455. The molecule has 1 N–H and O–H groups in total. The van der Waals surface area contributed by atoms with Gasteiger partial charge in [-0.3, -0.25) is 0 Å². The highest BCUT2D eigenvalue weighted by atomic mass is 16.5. The highest BCUT2D eigenvalue weighted by molar-refractivity contribution is 5.53. The summed E-state index contributed by atoms with van der Waals surface area (Å²) in [6.07, 6.45) is 0. The van der Waals surface area contributed by atoms with Gasteiger partial charge in [-0.2, -0.15) is 0 Å². The zero-order valence-corrected chi connectivity index (χ0v) is 9.37. The number of hydrogen-bond acceptors (Lipinski definition) is 4. The third-order valence-electron chi connectivity index (χ3n) is 1.99. The van der Waals surface area contributed by atoms with E-state index in [1.807, 2.05) is 18.2 Å². The van der Waals surface area contributed by atoms with Crippen LogP contribution >= 0.6 is 0 Å². The normalized spacial score (nSPS) is 9.80. The molecule has 0 saturated carbocycles. The molecule has 84 valence electrons. The Balaban J connectivity index is 2.68. The average Bonchev–Trinajstić information content (AvgIpc) is 2.29. The molecule has 0 spiro atoms. The molecule has 0 heterocycles. The predicted molar refractivity (Wildman–Crippen MR) is 59.9 cm³/mol. The van der Waals surface area contributed by atoms with E-state index in [0.29, 0.717) is 6.61 Å². The molecule has 0 unspecified atom stereocenters. The van der Waals surface area contributed by atoms with Crippen LogP contribution in [-0.4, -0.2) is 34.5 Å². The standard InChI is InChI=1S/C11H17NO3/c1-13-5-4-12-9-6-10(14-2)8-11(7-9)15-3/h6-8,12H,4-5H2,1-3H3. The molecule has 1 rings (SSSR count). The van der Waals surface area contributed by atoms with Crippen molar-refractivity contribution in [2.24, 2.45) is 0 Å². The first kappa shape index (κ1) is 11.7. The lowest BCUT2D eigenvalue weighted by Crippen LogP contribution is -2.07. The van der Waals surface area contributed by atoms with Crippen molar-refractivity contribution in [3.8, 4) is 11.5 Å². The summed E-state index contributed by atoms with van der Waals surface area (Å²) in [4.78, 5) is 0. The van der Waals surface area contributed by atoms with E-state index in [-0.39, 0.29) is 0 Å². The van der Waals surface area contributed by atoms with Crippen LogP contribution in [0.25, 0.3) is 0 Å². The van der Waals surface area contributed by atoms with Gasteiger partial charge < -0.3 is 19.5 Å². The van der Waals surface area contributed by atoms with Crippen molar-refractivity contribution < 1.29 is 14.2 Å². The summed E-state index contributed by atoms with van der Waals surface area (Å²) in [6.45, 7) is 1.42. The number of methoxy groups -OCH3 is 3. The molecule has 0 saturated heterocycles. The zero-order chi connectivity index (χ0) is 11.1. The van der Waals surface area contributed by atoms with E-state index in [1.165, 1.54) is 0 Å². The van der Waals surface area contributed by atoms with Crippen LogP contribution in [0.15, 0.2) is 18.2 Å².